The molecule has 0 saturated heterocycles. The lowest BCUT2D eigenvalue weighted by molar-refractivity contribution is 0.358. The summed E-state index contributed by atoms with van der Waals surface area (Å²) in [6, 6.07) is 0. The van der Waals surface area contributed by atoms with Crippen LogP contribution in [0.3, 0.4) is 0 Å². The molecule has 0 heterocycles. The van der Waals surface area contributed by atoms with E-state index in [2.05, 4.69) is 247 Å². The van der Waals surface area contributed by atoms with Crippen molar-refractivity contribution in [1.82, 2.24) is 0 Å². The summed E-state index contributed by atoms with van der Waals surface area (Å²) in [5.74, 6) is 0. The monoisotopic (exact) mass is 2090 g/mol. The molecule has 0 unspecified atom stereocenters. The first kappa shape index (κ1) is 126. The molecule has 0 aliphatic heterocycles. The van der Waals surface area contributed by atoms with Crippen LogP contribution in [-0.4, -0.2) is 108 Å². The third-order valence-corrected chi connectivity index (χ3v) is 30.7. The van der Waals surface area contributed by atoms with E-state index in [1.54, 1.807) is 0 Å². The van der Waals surface area contributed by atoms with Gasteiger partial charge in [0.2, 0.25) is 0 Å². The number of anilines is 14. The Morgan fingerprint density at radius 1 is 0.183 bits per heavy atom. The molecule has 0 aromatic heterocycles. The summed E-state index contributed by atoms with van der Waals surface area (Å²) in [7, 11) is 14.4. The average Bonchev–Trinajstić information content (AvgIpc) is 0.768. The van der Waals surface area contributed by atoms with Gasteiger partial charge in [0.05, 0.1) is 152 Å². The predicted molar refractivity (Wildman–Crippen MR) is 629 cm³/mol. The molecular formula is C101H168N14S16. The van der Waals surface area contributed by atoms with Gasteiger partial charge in [-0.25, -0.2) is 0 Å². The molecule has 131 heavy (non-hydrogen) atoms. The number of hydrogen-bond donors (Lipinski definition) is 6. The minimum Gasteiger partial charge on any atom is -0.397 e. The van der Waals surface area contributed by atoms with Crippen LogP contribution in [0.2, 0.25) is 0 Å². The Kier molecular flexibility index (Phi) is 52.1. The first-order valence-electron chi connectivity index (χ1n) is 46.4. The molecule has 0 aliphatic carbocycles. The lowest BCUT2D eigenvalue weighted by atomic mass is 9.88. The molecule has 14 nitrogen and oxygen atoms in total. The topological polar surface area (TPSA) is 182 Å². The molecule has 8 aromatic rings. The first-order valence-corrected chi connectivity index (χ1v) is 53.0. The Labute approximate surface area is 877 Å². The molecule has 0 aliphatic rings. The molecule has 12 N–H and O–H groups in total. The van der Waals surface area contributed by atoms with Crippen molar-refractivity contribution in [1.29, 1.82) is 0 Å². The zero-order chi connectivity index (χ0) is 102. The van der Waals surface area contributed by atoms with Crippen molar-refractivity contribution in [2.24, 2.45) is 43.3 Å². The Morgan fingerprint density at radius 2 is 0.382 bits per heavy atom. The molecule has 0 atom stereocenters. The van der Waals surface area contributed by atoms with Crippen LogP contribution >= 0.6 is 195 Å². The maximum Gasteiger partial charge on any atom is 0.0835 e. The van der Waals surface area contributed by atoms with E-state index in [1.165, 1.54) is 75.6 Å². The standard InChI is InChI=1S/C15H26N2S2.C14H24N2S2.C13H22N2S2.C13H21NS2.2C12H20N2S2.C11H18N2S2.C11H17NS2/c1-7-17(8-2)12-11(13(18)14(12)19)16(6)10-9-15(3,4)5;1-7-15(5)10-11(13(18)12(10)17)16(6)9-8-14(2,3)4;1-13(2,3)7-5-6-8-15(4)10-9(14)11(16)12(10)17;1-13(2,3)8-6-4-5-7-9-10(14)12(16)11(9)15;2*1-12(2,3)6-5-7-14(4)9-8(13)10(15)11(9)16;1-11(2,3)5-6-13(4)8-7(12)9(14)10(8)15;1-11(2,3)6-4-5-7-8(12)10(14)9(7)13/h7-10H2,1-6H3;7-9H2,1-6H3;5-8,14H2,1-4H3;4-8,14H2,1-3H3;2*5-7,13H2,1-4H3;5-6,12H2,1-4H3;4-6,12H2,1-3H3. The van der Waals surface area contributed by atoms with Crippen molar-refractivity contribution in [3.8, 4) is 0 Å². The van der Waals surface area contributed by atoms with Crippen molar-refractivity contribution in [3.05, 3.63) is 83.3 Å². The number of unbranched alkanes of at least 4 members (excludes halogenated alkanes) is 3. The third kappa shape index (κ3) is 41.1. The van der Waals surface area contributed by atoms with Gasteiger partial charge in [0.25, 0.3) is 0 Å². The number of rotatable bonds is 35. The van der Waals surface area contributed by atoms with Gasteiger partial charge in [-0.05, 0) is 172 Å². The average molecular weight is 2090 g/mol. The summed E-state index contributed by atoms with van der Waals surface area (Å²) in [6.07, 6.45) is 21.1. The second kappa shape index (κ2) is 54.4. The highest BCUT2D eigenvalue weighted by Gasteiger charge is 2.28. The molecule has 8 rings (SSSR count). The highest BCUT2D eigenvalue weighted by Crippen LogP contribution is 2.43. The maximum atomic E-state index is 5.84. The maximum absolute atomic E-state index is 5.84. The fourth-order valence-electron chi connectivity index (χ4n) is 14.1. The van der Waals surface area contributed by atoms with E-state index in [-0.39, 0.29) is 0 Å². The second-order valence-electron chi connectivity index (χ2n) is 45.0. The van der Waals surface area contributed by atoms with Gasteiger partial charge in [0.15, 0.2) is 0 Å². The fraction of sp³-hybridized carbons (Fsp3) is 0.683. The van der Waals surface area contributed by atoms with Gasteiger partial charge < -0.3 is 73.6 Å². The zero-order valence-corrected chi connectivity index (χ0v) is 99.7. The van der Waals surface area contributed by atoms with E-state index in [0.717, 1.165) is 212 Å². The minimum absolute atomic E-state index is 0.329. The fourth-order valence-corrected chi connectivity index (χ4v) is 18.9. The molecule has 0 bridgehead atoms. The number of nitrogens with zero attached hydrogens (tertiary/aromatic N) is 8. The summed E-state index contributed by atoms with van der Waals surface area (Å²) in [5, 5.41) is 0. The van der Waals surface area contributed by atoms with E-state index in [1.807, 2.05) is 28.2 Å². The molecule has 8 aromatic carbocycles. The summed E-state index contributed by atoms with van der Waals surface area (Å²) >= 11 is 82.9. The van der Waals surface area contributed by atoms with Crippen molar-refractivity contribution in [2.45, 2.75) is 303 Å². The van der Waals surface area contributed by atoms with Gasteiger partial charge in [0.1, 0.15) is 0 Å². The zero-order valence-electron chi connectivity index (χ0n) is 86.7. The van der Waals surface area contributed by atoms with Crippen LogP contribution in [0.5, 0.6) is 0 Å². The Morgan fingerprint density at radius 3 is 0.634 bits per heavy atom. The third-order valence-electron chi connectivity index (χ3n) is 23.0. The molecule has 0 radical (unpaired) electrons. The van der Waals surface area contributed by atoms with E-state index in [4.69, 9.17) is 230 Å². The van der Waals surface area contributed by atoms with Gasteiger partial charge in [-0.3, -0.25) is 0 Å². The SMILES string of the molecule is CC(C)(C)CCCCCc1c(N)c(=S)c1=S.CC(C)(C)CCCc1c(N)c(=S)c1=S.CCN(C)c1c(N(C)CCC(C)(C)C)c(=S)c1=S.CCN(CC)c1c(N(C)CCC(C)(C)C)c(=S)c1=S.CN(CCC(C)(C)C)c1c(N)c(=S)c1=S.CN(CCCC(C)(C)C)c1c(N)c(=S)c1=S.CN(CCCC(C)(C)C)c1c(N)c(=S)c1=S.CN(CCCCC(C)(C)C)c1c(N)c(=S)c1=S. The molecule has 30 heteroatoms. The summed E-state index contributed by atoms with van der Waals surface area (Å²) in [5.41, 5.74) is 53.0. The van der Waals surface area contributed by atoms with Crippen LogP contribution in [0, 0.1) is 115 Å². The van der Waals surface area contributed by atoms with Gasteiger partial charge >= 0.3 is 0 Å². The van der Waals surface area contributed by atoms with Crippen molar-refractivity contribution < 1.29 is 0 Å². The summed E-state index contributed by atoms with van der Waals surface area (Å²) < 4.78 is 12.2. The second-order valence-corrected chi connectivity index (χ2v) is 51.6. The predicted octanol–water partition coefficient (Wildman–Crippen LogP) is 33.3. The number of nitrogen functional groups attached to an aromatic ring is 6. The normalized spacial score (nSPS) is 12.0. The molecule has 0 spiro atoms. The van der Waals surface area contributed by atoms with Crippen LogP contribution in [0.15, 0.2) is 0 Å². The molecule has 738 valence electrons. The first-order chi connectivity index (χ1) is 59.5. The van der Waals surface area contributed by atoms with Gasteiger partial charge in [-0.1, -0.05) is 381 Å². The van der Waals surface area contributed by atoms with Crippen LogP contribution in [0.25, 0.3) is 0 Å². The van der Waals surface area contributed by atoms with Crippen LogP contribution in [0.1, 0.15) is 301 Å². The Balaban J connectivity index is 0.000000750. The lowest BCUT2D eigenvalue weighted by Crippen LogP contribution is -2.30. The molecular weight excluding hydrogens is 1920 g/mol. The lowest BCUT2D eigenvalue weighted by Gasteiger charge is -2.33. The summed E-state index contributed by atoms with van der Waals surface area (Å²) in [6.45, 7) is 69.5. The largest absolute Gasteiger partial charge is 0.397 e. The van der Waals surface area contributed by atoms with Crippen molar-refractivity contribution >= 4 is 275 Å². The highest BCUT2D eigenvalue weighted by atomic mass is 32.1. The molecule has 0 fully saturated rings. The Bertz CT molecular complexity index is 5500. The van der Waals surface area contributed by atoms with Gasteiger partial charge in [-0.15, -0.1) is 0 Å². The summed E-state index contributed by atoms with van der Waals surface area (Å²) in [4.78, 5) is 17.5. The van der Waals surface area contributed by atoms with Crippen LogP contribution in [-0.2, 0) is 12.8 Å². The Hall–Kier alpha value is -3.44. The molecule has 0 amide bonds. The van der Waals surface area contributed by atoms with E-state index < -0.39 is 0 Å². The van der Waals surface area contributed by atoms with Crippen LogP contribution in [0.4, 0.5) is 79.6 Å². The van der Waals surface area contributed by atoms with E-state index >= 15 is 0 Å². The van der Waals surface area contributed by atoms with Gasteiger partial charge in [-0.2, -0.15) is 0 Å². The van der Waals surface area contributed by atoms with E-state index in [9.17, 15) is 0 Å². The van der Waals surface area contributed by atoms with Crippen molar-refractivity contribution in [3.63, 3.8) is 0 Å². The highest BCUT2D eigenvalue weighted by molar-refractivity contribution is 7.76. The van der Waals surface area contributed by atoms with Crippen molar-refractivity contribution in [2.75, 3.05) is 182 Å². The van der Waals surface area contributed by atoms with E-state index in [0.29, 0.717) is 93.1 Å². The smallest absolute Gasteiger partial charge is 0.0835 e. The van der Waals surface area contributed by atoms with Gasteiger partial charge in [0, 0.05) is 108 Å². The number of nitrogens with two attached hydrogens (primary N) is 6. The number of hydrogen-bond acceptors (Lipinski definition) is 30. The quantitative estimate of drug-likeness (QED) is 0.0163. The molecule has 0 saturated carbocycles. The minimum atomic E-state index is 0.329. The van der Waals surface area contributed by atoms with Crippen LogP contribution < -0.4 is 73.6 Å².